The van der Waals surface area contributed by atoms with E-state index in [-0.39, 0.29) is 0 Å². The van der Waals surface area contributed by atoms with E-state index >= 15 is 0 Å². The Bertz CT molecular complexity index is 1270. The SMILES string of the molecule is C=C/C=C\c1cc2cc(Cl)cc(-c3ccc4c(C)c(/C=C\C(C)C)oc4c3)c2o1. The first-order chi connectivity index (χ1) is 14.0. The van der Waals surface area contributed by atoms with E-state index in [9.17, 15) is 0 Å². The van der Waals surface area contributed by atoms with Crippen molar-refractivity contribution in [1.29, 1.82) is 0 Å². The van der Waals surface area contributed by atoms with E-state index in [0.717, 1.165) is 50.1 Å². The minimum absolute atomic E-state index is 0.473. The highest BCUT2D eigenvalue weighted by molar-refractivity contribution is 6.32. The Morgan fingerprint density at radius 1 is 1.03 bits per heavy atom. The average Bonchev–Trinajstić information content (AvgIpc) is 3.24. The van der Waals surface area contributed by atoms with Crippen molar-refractivity contribution >= 4 is 45.7 Å². The van der Waals surface area contributed by atoms with E-state index in [0.29, 0.717) is 10.9 Å². The Balaban J connectivity index is 1.85. The summed E-state index contributed by atoms with van der Waals surface area (Å²) in [6, 6.07) is 12.1. The standard InChI is InChI=1S/C26H23ClO2/c1-5-6-7-21-13-19-12-20(27)15-23(26(19)28-21)18-9-10-22-17(4)24(11-8-16(2)3)29-25(22)14-18/h5-16H,1H2,2-4H3/b7-6-,11-8-. The molecule has 4 aromatic rings. The third-order valence-electron chi connectivity index (χ3n) is 4.92. The van der Waals surface area contributed by atoms with Gasteiger partial charge in [-0.05, 0) is 54.8 Å². The van der Waals surface area contributed by atoms with E-state index in [4.69, 9.17) is 20.4 Å². The van der Waals surface area contributed by atoms with E-state index in [1.807, 2.05) is 30.4 Å². The average molecular weight is 403 g/mol. The molecule has 3 heteroatoms. The molecule has 146 valence electrons. The summed E-state index contributed by atoms with van der Waals surface area (Å²) in [5.74, 6) is 2.14. The van der Waals surface area contributed by atoms with Crippen molar-refractivity contribution in [3.05, 3.63) is 83.3 Å². The number of halogens is 1. The molecule has 2 aromatic carbocycles. The Morgan fingerprint density at radius 3 is 2.62 bits per heavy atom. The van der Waals surface area contributed by atoms with Crippen LogP contribution in [0, 0.1) is 12.8 Å². The summed E-state index contributed by atoms with van der Waals surface area (Å²) < 4.78 is 12.2. The fourth-order valence-corrected chi connectivity index (χ4v) is 3.67. The molecule has 2 heterocycles. The van der Waals surface area contributed by atoms with E-state index < -0.39 is 0 Å². The molecular formula is C26H23ClO2. The minimum atomic E-state index is 0.473. The van der Waals surface area contributed by atoms with Gasteiger partial charge in [-0.25, -0.2) is 0 Å². The zero-order chi connectivity index (χ0) is 20.5. The van der Waals surface area contributed by atoms with Crippen molar-refractivity contribution in [2.24, 2.45) is 5.92 Å². The number of fused-ring (bicyclic) bond motifs is 2. The topological polar surface area (TPSA) is 26.3 Å². The van der Waals surface area contributed by atoms with Crippen LogP contribution in [-0.2, 0) is 0 Å². The summed E-state index contributed by atoms with van der Waals surface area (Å²) in [5.41, 5.74) is 4.76. The van der Waals surface area contributed by atoms with Crippen LogP contribution in [0.4, 0.5) is 0 Å². The molecule has 2 aromatic heterocycles. The smallest absolute Gasteiger partial charge is 0.142 e. The first-order valence-corrected chi connectivity index (χ1v) is 10.1. The molecule has 0 N–H and O–H groups in total. The van der Waals surface area contributed by atoms with Gasteiger partial charge < -0.3 is 8.83 Å². The third-order valence-corrected chi connectivity index (χ3v) is 5.13. The van der Waals surface area contributed by atoms with Crippen molar-refractivity contribution in [2.45, 2.75) is 20.8 Å². The summed E-state index contributed by atoms with van der Waals surface area (Å²) in [6.07, 6.45) is 9.66. The summed E-state index contributed by atoms with van der Waals surface area (Å²) >= 11 is 6.40. The highest BCUT2D eigenvalue weighted by Gasteiger charge is 2.14. The summed E-state index contributed by atoms with van der Waals surface area (Å²) in [5, 5.41) is 2.75. The van der Waals surface area contributed by atoms with Crippen LogP contribution in [0.3, 0.4) is 0 Å². The molecule has 0 saturated heterocycles. The van der Waals surface area contributed by atoms with Gasteiger partial charge in [-0.2, -0.15) is 0 Å². The van der Waals surface area contributed by atoms with Gasteiger partial charge in [0.25, 0.3) is 0 Å². The Kier molecular flexibility index (Phi) is 5.21. The number of allylic oxidation sites excluding steroid dienone is 3. The summed E-state index contributed by atoms with van der Waals surface area (Å²) in [7, 11) is 0. The van der Waals surface area contributed by atoms with Crippen LogP contribution in [0.5, 0.6) is 0 Å². The maximum absolute atomic E-state index is 6.40. The van der Waals surface area contributed by atoms with Gasteiger partial charge in [-0.3, -0.25) is 0 Å². The van der Waals surface area contributed by atoms with Gasteiger partial charge in [0.2, 0.25) is 0 Å². The van der Waals surface area contributed by atoms with Crippen molar-refractivity contribution in [1.82, 2.24) is 0 Å². The third kappa shape index (κ3) is 3.81. The minimum Gasteiger partial charge on any atom is -0.456 e. The van der Waals surface area contributed by atoms with Gasteiger partial charge >= 0.3 is 0 Å². The van der Waals surface area contributed by atoms with Crippen LogP contribution in [0.2, 0.25) is 5.02 Å². The maximum atomic E-state index is 6.40. The molecule has 0 aliphatic carbocycles. The lowest BCUT2D eigenvalue weighted by molar-refractivity contribution is 0.600. The highest BCUT2D eigenvalue weighted by Crippen LogP contribution is 2.37. The number of aryl methyl sites for hydroxylation is 1. The van der Waals surface area contributed by atoms with Crippen molar-refractivity contribution in [3.63, 3.8) is 0 Å². The predicted molar refractivity (Wildman–Crippen MR) is 124 cm³/mol. The highest BCUT2D eigenvalue weighted by atomic mass is 35.5. The number of hydrogen-bond donors (Lipinski definition) is 0. The largest absolute Gasteiger partial charge is 0.456 e. The maximum Gasteiger partial charge on any atom is 0.142 e. The summed E-state index contributed by atoms with van der Waals surface area (Å²) in [4.78, 5) is 0. The zero-order valence-electron chi connectivity index (χ0n) is 16.8. The second-order valence-electron chi connectivity index (χ2n) is 7.52. The van der Waals surface area contributed by atoms with E-state index in [2.05, 4.69) is 57.7 Å². The van der Waals surface area contributed by atoms with Gasteiger partial charge in [-0.15, -0.1) is 0 Å². The molecule has 0 atom stereocenters. The summed E-state index contributed by atoms with van der Waals surface area (Å²) in [6.45, 7) is 10.1. The monoisotopic (exact) mass is 402 g/mol. The second-order valence-corrected chi connectivity index (χ2v) is 7.96. The lowest BCUT2D eigenvalue weighted by Gasteiger charge is -2.04. The molecule has 0 spiro atoms. The fraction of sp³-hybridized carbons (Fsp3) is 0.154. The quantitative estimate of drug-likeness (QED) is 0.312. The van der Waals surface area contributed by atoms with E-state index in [1.165, 1.54) is 0 Å². The molecule has 0 fully saturated rings. The van der Waals surface area contributed by atoms with Crippen LogP contribution in [0.1, 0.15) is 30.9 Å². The molecule has 0 amide bonds. The number of hydrogen-bond acceptors (Lipinski definition) is 2. The van der Waals surface area contributed by atoms with Gasteiger partial charge in [0.15, 0.2) is 0 Å². The fourth-order valence-electron chi connectivity index (χ4n) is 3.45. The number of rotatable bonds is 5. The number of benzene rings is 2. The van der Waals surface area contributed by atoms with Crippen LogP contribution in [0.25, 0.3) is 45.2 Å². The molecule has 0 aliphatic rings. The molecule has 0 unspecified atom stereocenters. The lowest BCUT2D eigenvalue weighted by atomic mass is 10.0. The van der Waals surface area contributed by atoms with Gasteiger partial charge in [0, 0.05) is 26.9 Å². The first-order valence-electron chi connectivity index (χ1n) is 9.70. The normalized spacial score (nSPS) is 12.3. The molecule has 0 saturated carbocycles. The lowest BCUT2D eigenvalue weighted by Crippen LogP contribution is -1.80. The van der Waals surface area contributed by atoms with Crippen LogP contribution in [-0.4, -0.2) is 0 Å². The molecule has 0 bridgehead atoms. The van der Waals surface area contributed by atoms with Crippen LogP contribution < -0.4 is 0 Å². The second kappa shape index (κ2) is 7.81. The van der Waals surface area contributed by atoms with Gasteiger partial charge in [-0.1, -0.05) is 62.4 Å². The Hall–Kier alpha value is -2.97. The van der Waals surface area contributed by atoms with Gasteiger partial charge in [0.05, 0.1) is 0 Å². The van der Waals surface area contributed by atoms with Gasteiger partial charge in [0.1, 0.15) is 22.7 Å². The molecular weight excluding hydrogens is 380 g/mol. The first kappa shape index (κ1) is 19.4. The molecule has 0 aliphatic heterocycles. The Labute approximate surface area is 175 Å². The molecule has 29 heavy (non-hydrogen) atoms. The van der Waals surface area contributed by atoms with Crippen molar-refractivity contribution in [2.75, 3.05) is 0 Å². The molecule has 2 nitrogen and oxygen atoms in total. The zero-order valence-corrected chi connectivity index (χ0v) is 17.6. The van der Waals surface area contributed by atoms with Crippen LogP contribution in [0.15, 0.2) is 70.0 Å². The van der Waals surface area contributed by atoms with Crippen molar-refractivity contribution in [3.8, 4) is 11.1 Å². The van der Waals surface area contributed by atoms with Crippen LogP contribution >= 0.6 is 11.6 Å². The molecule has 0 radical (unpaired) electrons. The van der Waals surface area contributed by atoms with E-state index in [1.54, 1.807) is 6.08 Å². The molecule has 4 rings (SSSR count). The Morgan fingerprint density at radius 2 is 1.86 bits per heavy atom. The number of furan rings is 2. The van der Waals surface area contributed by atoms with Crippen molar-refractivity contribution < 1.29 is 8.83 Å². The predicted octanol–water partition coefficient (Wildman–Crippen LogP) is 8.68.